The summed E-state index contributed by atoms with van der Waals surface area (Å²) >= 11 is 0. The second-order valence-corrected chi connectivity index (χ2v) is 3.66. The lowest BCUT2D eigenvalue weighted by Crippen LogP contribution is -2.20. The predicted molar refractivity (Wildman–Crippen MR) is 61.9 cm³/mol. The van der Waals surface area contributed by atoms with Crippen LogP contribution in [0.15, 0.2) is 41.6 Å². The molecule has 0 aliphatic heterocycles. The molecule has 1 aromatic carbocycles. The fourth-order valence-corrected chi connectivity index (χ4v) is 1.62. The largest absolute Gasteiger partial charge is 0.326 e. The molecule has 2 aromatic rings. The highest BCUT2D eigenvalue weighted by atomic mass is 19.1. The summed E-state index contributed by atoms with van der Waals surface area (Å²) in [6.45, 7) is 0.585. The van der Waals surface area contributed by atoms with E-state index in [4.69, 9.17) is 5.73 Å². The molecule has 0 radical (unpaired) electrons. The van der Waals surface area contributed by atoms with Crippen molar-refractivity contribution in [2.45, 2.75) is 13.1 Å². The van der Waals surface area contributed by atoms with Gasteiger partial charge in [-0.25, -0.2) is 9.37 Å². The van der Waals surface area contributed by atoms with Crippen molar-refractivity contribution in [3.63, 3.8) is 0 Å². The minimum absolute atomic E-state index is 0.174. The second-order valence-electron chi connectivity index (χ2n) is 3.66. The van der Waals surface area contributed by atoms with Crippen molar-refractivity contribution < 1.29 is 4.39 Å². The van der Waals surface area contributed by atoms with E-state index in [1.54, 1.807) is 6.07 Å². The third kappa shape index (κ3) is 2.57. The number of halogens is 1. The molecular weight excluding hydrogens is 221 g/mol. The summed E-state index contributed by atoms with van der Waals surface area (Å²) in [4.78, 5) is 15.4. The van der Waals surface area contributed by atoms with Crippen LogP contribution in [0.1, 0.15) is 11.1 Å². The number of aromatic nitrogens is 2. The number of rotatable bonds is 3. The average molecular weight is 233 g/mol. The Labute approximate surface area is 97.5 Å². The van der Waals surface area contributed by atoms with E-state index in [0.29, 0.717) is 12.1 Å². The summed E-state index contributed by atoms with van der Waals surface area (Å²) in [5.41, 5.74) is 6.91. The van der Waals surface area contributed by atoms with Crippen LogP contribution in [0.5, 0.6) is 0 Å². The van der Waals surface area contributed by atoms with Gasteiger partial charge in [0.1, 0.15) is 5.82 Å². The third-order valence-electron chi connectivity index (χ3n) is 2.52. The van der Waals surface area contributed by atoms with Crippen LogP contribution in [-0.2, 0) is 13.1 Å². The molecule has 5 heteroatoms. The highest BCUT2D eigenvalue weighted by Gasteiger charge is 2.04. The summed E-state index contributed by atoms with van der Waals surface area (Å²) in [5, 5.41) is 0. The molecule has 4 nitrogen and oxygen atoms in total. The molecule has 0 bridgehead atoms. The van der Waals surface area contributed by atoms with Gasteiger partial charge < -0.3 is 5.73 Å². The van der Waals surface area contributed by atoms with Gasteiger partial charge in [-0.15, -0.1) is 0 Å². The highest BCUT2D eigenvalue weighted by molar-refractivity contribution is 5.28. The van der Waals surface area contributed by atoms with Crippen LogP contribution >= 0.6 is 0 Å². The molecule has 0 aliphatic rings. The first-order valence-corrected chi connectivity index (χ1v) is 5.18. The molecule has 0 saturated carbocycles. The molecule has 1 heterocycles. The van der Waals surface area contributed by atoms with Crippen molar-refractivity contribution in [3.8, 4) is 0 Å². The maximum atomic E-state index is 13.1. The number of nitrogens with zero attached hydrogens (tertiary/aromatic N) is 2. The Hall–Kier alpha value is -2.01. The lowest BCUT2D eigenvalue weighted by molar-refractivity contribution is 0.620. The molecule has 0 amide bonds. The normalized spacial score (nSPS) is 10.5. The number of nitrogens with two attached hydrogens (primary N) is 1. The molecule has 0 unspecified atom stereocenters. The van der Waals surface area contributed by atoms with E-state index in [1.807, 2.05) is 0 Å². The molecule has 17 heavy (non-hydrogen) atoms. The monoisotopic (exact) mass is 233 g/mol. The summed E-state index contributed by atoms with van der Waals surface area (Å²) in [5.74, 6) is -0.339. The minimum Gasteiger partial charge on any atom is -0.326 e. The molecule has 2 rings (SSSR count). The number of hydrogen-bond acceptors (Lipinski definition) is 3. The highest BCUT2D eigenvalue weighted by Crippen LogP contribution is 2.11. The van der Waals surface area contributed by atoms with E-state index in [9.17, 15) is 9.18 Å². The van der Waals surface area contributed by atoms with Gasteiger partial charge in [-0.3, -0.25) is 9.36 Å². The zero-order valence-corrected chi connectivity index (χ0v) is 9.14. The van der Waals surface area contributed by atoms with Crippen molar-refractivity contribution >= 4 is 0 Å². The minimum atomic E-state index is -0.339. The van der Waals surface area contributed by atoms with Crippen LogP contribution in [0, 0.1) is 5.82 Å². The first-order valence-electron chi connectivity index (χ1n) is 5.18. The Balaban J connectivity index is 2.39. The van der Waals surface area contributed by atoms with Crippen LogP contribution in [0.4, 0.5) is 4.39 Å². The molecule has 0 atom stereocenters. The smallest absolute Gasteiger partial charge is 0.253 e. The average Bonchev–Trinajstić information content (AvgIpc) is 2.32. The predicted octanol–water partition coefficient (Wildman–Crippen LogP) is 0.889. The van der Waals surface area contributed by atoms with E-state index >= 15 is 0 Å². The van der Waals surface area contributed by atoms with Gasteiger partial charge >= 0.3 is 0 Å². The topological polar surface area (TPSA) is 60.9 Å². The number of hydrogen-bond donors (Lipinski definition) is 1. The number of benzene rings is 1. The maximum absolute atomic E-state index is 13.1. The van der Waals surface area contributed by atoms with Gasteiger partial charge in [-0.1, -0.05) is 6.07 Å². The Morgan fingerprint density at radius 2 is 2.12 bits per heavy atom. The van der Waals surface area contributed by atoms with Gasteiger partial charge in [0.2, 0.25) is 0 Å². The van der Waals surface area contributed by atoms with Crippen molar-refractivity contribution in [2.75, 3.05) is 0 Å². The summed E-state index contributed by atoms with van der Waals surface area (Å²) in [7, 11) is 0. The van der Waals surface area contributed by atoms with E-state index in [1.165, 1.54) is 35.3 Å². The van der Waals surface area contributed by atoms with Gasteiger partial charge in [0.15, 0.2) is 0 Å². The molecule has 2 N–H and O–H groups in total. The second kappa shape index (κ2) is 4.88. The molecule has 0 saturated heterocycles. The standard InChI is InChI=1S/C12H12FN3O/c13-11-2-1-9(6-14)10(5-11)7-16-8-15-4-3-12(16)17/h1-5,8H,6-7,14H2. The first kappa shape index (κ1) is 11.5. The van der Waals surface area contributed by atoms with Crippen LogP contribution < -0.4 is 11.3 Å². The van der Waals surface area contributed by atoms with E-state index in [-0.39, 0.29) is 17.9 Å². The zero-order valence-electron chi connectivity index (χ0n) is 9.14. The molecule has 0 fully saturated rings. The zero-order chi connectivity index (χ0) is 12.3. The van der Waals surface area contributed by atoms with Gasteiger partial charge in [0, 0.05) is 18.8 Å². The summed E-state index contributed by atoms with van der Waals surface area (Å²) < 4.78 is 14.6. The maximum Gasteiger partial charge on any atom is 0.253 e. The SMILES string of the molecule is NCc1ccc(F)cc1Cn1cnccc1=O. The Bertz CT molecular complexity index is 580. The fourth-order valence-electron chi connectivity index (χ4n) is 1.62. The Kier molecular flexibility index (Phi) is 3.30. The van der Waals surface area contributed by atoms with Crippen LogP contribution in [-0.4, -0.2) is 9.55 Å². The molecule has 0 spiro atoms. The molecular formula is C12H12FN3O. The van der Waals surface area contributed by atoms with Crippen LogP contribution in [0.25, 0.3) is 0 Å². The molecule has 0 aliphatic carbocycles. The van der Waals surface area contributed by atoms with Crippen molar-refractivity contribution in [1.82, 2.24) is 9.55 Å². The molecule has 1 aromatic heterocycles. The lowest BCUT2D eigenvalue weighted by atomic mass is 10.1. The van der Waals surface area contributed by atoms with E-state index in [2.05, 4.69) is 4.98 Å². The lowest BCUT2D eigenvalue weighted by Gasteiger charge is -2.09. The third-order valence-corrected chi connectivity index (χ3v) is 2.52. The van der Waals surface area contributed by atoms with Crippen LogP contribution in [0.3, 0.4) is 0 Å². The first-order chi connectivity index (χ1) is 8.20. The Morgan fingerprint density at radius 3 is 2.82 bits per heavy atom. The van der Waals surface area contributed by atoms with Crippen LogP contribution in [0.2, 0.25) is 0 Å². The fraction of sp³-hybridized carbons (Fsp3) is 0.167. The van der Waals surface area contributed by atoms with E-state index in [0.717, 1.165) is 5.56 Å². The van der Waals surface area contributed by atoms with Crippen molar-refractivity contribution in [1.29, 1.82) is 0 Å². The van der Waals surface area contributed by atoms with Gasteiger partial charge in [0.25, 0.3) is 5.56 Å². The van der Waals surface area contributed by atoms with Gasteiger partial charge in [0.05, 0.1) is 12.9 Å². The van der Waals surface area contributed by atoms with E-state index < -0.39 is 0 Å². The van der Waals surface area contributed by atoms with Gasteiger partial charge in [-0.2, -0.15) is 0 Å². The summed E-state index contributed by atoms with van der Waals surface area (Å²) in [6, 6.07) is 5.74. The van der Waals surface area contributed by atoms with Crippen molar-refractivity contribution in [2.24, 2.45) is 5.73 Å². The molecule has 88 valence electrons. The van der Waals surface area contributed by atoms with Gasteiger partial charge in [-0.05, 0) is 23.3 Å². The Morgan fingerprint density at radius 1 is 1.29 bits per heavy atom. The van der Waals surface area contributed by atoms with Crippen molar-refractivity contribution in [3.05, 3.63) is 64.1 Å². The quantitative estimate of drug-likeness (QED) is 0.856. The summed E-state index contributed by atoms with van der Waals surface area (Å²) in [6.07, 6.45) is 2.85.